The summed E-state index contributed by atoms with van der Waals surface area (Å²) in [6.07, 6.45) is 5.04. The van der Waals surface area contributed by atoms with E-state index in [0.29, 0.717) is 0 Å². The summed E-state index contributed by atoms with van der Waals surface area (Å²) in [4.78, 5) is 4.30. The summed E-state index contributed by atoms with van der Waals surface area (Å²) >= 11 is 0. The first-order chi connectivity index (χ1) is 6.36. The van der Waals surface area contributed by atoms with Gasteiger partial charge in [-0.25, -0.2) is 0 Å². The molecule has 0 N–H and O–H groups in total. The van der Waals surface area contributed by atoms with Crippen LogP contribution in [0, 0.1) is 0 Å². The summed E-state index contributed by atoms with van der Waals surface area (Å²) in [6, 6.07) is 4.03. The molecular weight excluding hydrogens is 162 g/mol. The molecular formula is C11H17NO. The van der Waals surface area contributed by atoms with Gasteiger partial charge >= 0.3 is 0 Å². The van der Waals surface area contributed by atoms with E-state index in [1.54, 1.807) is 6.20 Å². The lowest BCUT2D eigenvalue weighted by atomic mass is 10.2. The highest BCUT2D eigenvalue weighted by atomic mass is 16.5. The van der Waals surface area contributed by atoms with Gasteiger partial charge in [0.15, 0.2) is 0 Å². The minimum absolute atomic E-state index is 0.773. The number of aromatic nitrogens is 1. The average Bonchev–Trinajstić information content (AvgIpc) is 2.17. The van der Waals surface area contributed by atoms with Gasteiger partial charge in [-0.2, -0.15) is 0 Å². The largest absolute Gasteiger partial charge is 0.492 e. The third-order valence-corrected chi connectivity index (χ3v) is 1.78. The highest BCUT2D eigenvalue weighted by molar-refractivity contribution is 5.19. The van der Waals surface area contributed by atoms with Gasteiger partial charge in [0.2, 0.25) is 0 Å². The van der Waals surface area contributed by atoms with Gasteiger partial charge in [-0.1, -0.05) is 20.3 Å². The fraction of sp³-hybridized carbons (Fsp3) is 0.545. The fourth-order valence-electron chi connectivity index (χ4n) is 1.12. The molecule has 0 fully saturated rings. The minimum Gasteiger partial charge on any atom is -0.492 e. The van der Waals surface area contributed by atoms with Crippen molar-refractivity contribution in [1.82, 2.24) is 4.98 Å². The number of nitrogens with zero attached hydrogens (tertiary/aromatic N) is 1. The van der Waals surface area contributed by atoms with E-state index < -0.39 is 0 Å². The lowest BCUT2D eigenvalue weighted by Crippen LogP contribution is -1.96. The summed E-state index contributed by atoms with van der Waals surface area (Å²) in [5, 5.41) is 0. The minimum atomic E-state index is 0.773. The molecule has 0 aliphatic heterocycles. The van der Waals surface area contributed by atoms with Crippen LogP contribution in [0.15, 0.2) is 18.3 Å². The van der Waals surface area contributed by atoms with E-state index in [9.17, 15) is 0 Å². The Bertz CT molecular complexity index is 230. The Kier molecular flexibility index (Phi) is 4.30. The SMILES string of the molecule is CCCOc1ccc(CCC)nc1. The summed E-state index contributed by atoms with van der Waals surface area (Å²) in [5.74, 6) is 0.877. The van der Waals surface area contributed by atoms with Gasteiger partial charge in [0.1, 0.15) is 5.75 Å². The van der Waals surface area contributed by atoms with Crippen molar-refractivity contribution in [2.45, 2.75) is 33.1 Å². The molecule has 0 aliphatic carbocycles. The van der Waals surface area contributed by atoms with Crippen LogP contribution in [0.25, 0.3) is 0 Å². The van der Waals surface area contributed by atoms with E-state index in [4.69, 9.17) is 4.74 Å². The standard InChI is InChI=1S/C11H17NO/c1-3-5-10-6-7-11(9-12-10)13-8-4-2/h6-7,9H,3-5,8H2,1-2H3. The lowest BCUT2D eigenvalue weighted by Gasteiger charge is -2.04. The molecule has 0 spiro atoms. The van der Waals surface area contributed by atoms with Gasteiger partial charge in [0.05, 0.1) is 12.8 Å². The van der Waals surface area contributed by atoms with Gasteiger partial charge < -0.3 is 4.74 Å². The molecule has 1 aromatic rings. The Morgan fingerprint density at radius 1 is 1.23 bits per heavy atom. The lowest BCUT2D eigenvalue weighted by molar-refractivity contribution is 0.316. The number of ether oxygens (including phenoxy) is 1. The van der Waals surface area contributed by atoms with Crippen LogP contribution in [-0.2, 0) is 6.42 Å². The van der Waals surface area contributed by atoms with Crippen molar-refractivity contribution < 1.29 is 4.74 Å². The number of aryl methyl sites for hydroxylation is 1. The van der Waals surface area contributed by atoms with Crippen LogP contribution in [0.4, 0.5) is 0 Å². The average molecular weight is 179 g/mol. The molecule has 0 amide bonds. The van der Waals surface area contributed by atoms with Crippen LogP contribution < -0.4 is 4.74 Å². The first kappa shape index (κ1) is 10.0. The van der Waals surface area contributed by atoms with Gasteiger partial charge in [-0.15, -0.1) is 0 Å². The predicted octanol–water partition coefficient (Wildman–Crippen LogP) is 2.82. The second-order valence-corrected chi connectivity index (χ2v) is 3.08. The van der Waals surface area contributed by atoms with Crippen LogP contribution >= 0.6 is 0 Å². The highest BCUT2D eigenvalue weighted by Crippen LogP contribution is 2.10. The molecule has 2 heteroatoms. The smallest absolute Gasteiger partial charge is 0.137 e. The van der Waals surface area contributed by atoms with Gasteiger partial charge in [0, 0.05) is 5.69 Å². The second kappa shape index (κ2) is 5.57. The molecule has 2 nitrogen and oxygen atoms in total. The van der Waals surface area contributed by atoms with Crippen LogP contribution in [0.3, 0.4) is 0 Å². The van der Waals surface area contributed by atoms with Gasteiger partial charge in [-0.05, 0) is 25.0 Å². The number of pyridine rings is 1. The van der Waals surface area contributed by atoms with Crippen LogP contribution in [0.1, 0.15) is 32.4 Å². The number of rotatable bonds is 5. The molecule has 0 saturated heterocycles. The fourth-order valence-corrected chi connectivity index (χ4v) is 1.12. The zero-order chi connectivity index (χ0) is 9.52. The summed E-state index contributed by atoms with van der Waals surface area (Å²) in [6.45, 7) is 5.02. The van der Waals surface area contributed by atoms with E-state index in [2.05, 4.69) is 18.8 Å². The van der Waals surface area contributed by atoms with E-state index in [1.807, 2.05) is 12.1 Å². The van der Waals surface area contributed by atoms with E-state index in [1.165, 1.54) is 0 Å². The first-order valence-electron chi connectivity index (χ1n) is 4.94. The third kappa shape index (κ3) is 3.45. The molecule has 1 aromatic heterocycles. The molecule has 0 aromatic carbocycles. The normalized spacial score (nSPS) is 10.0. The zero-order valence-corrected chi connectivity index (χ0v) is 8.42. The molecule has 0 unspecified atom stereocenters. The van der Waals surface area contributed by atoms with E-state index in [-0.39, 0.29) is 0 Å². The first-order valence-corrected chi connectivity index (χ1v) is 4.94. The van der Waals surface area contributed by atoms with Crippen molar-refractivity contribution in [2.24, 2.45) is 0 Å². The summed E-state index contributed by atoms with van der Waals surface area (Å²) < 4.78 is 5.43. The summed E-state index contributed by atoms with van der Waals surface area (Å²) in [5.41, 5.74) is 1.14. The maximum atomic E-state index is 5.43. The Morgan fingerprint density at radius 2 is 2.08 bits per heavy atom. The molecule has 0 aliphatic rings. The molecule has 0 atom stereocenters. The molecule has 0 bridgehead atoms. The Hall–Kier alpha value is -1.05. The van der Waals surface area contributed by atoms with Crippen molar-refractivity contribution in [2.75, 3.05) is 6.61 Å². The zero-order valence-electron chi connectivity index (χ0n) is 8.42. The highest BCUT2D eigenvalue weighted by Gasteiger charge is 1.94. The van der Waals surface area contributed by atoms with Crippen molar-refractivity contribution in [3.8, 4) is 5.75 Å². The molecule has 0 saturated carbocycles. The van der Waals surface area contributed by atoms with Crippen LogP contribution in [0.5, 0.6) is 5.75 Å². The van der Waals surface area contributed by atoms with E-state index in [0.717, 1.165) is 37.3 Å². The summed E-state index contributed by atoms with van der Waals surface area (Å²) in [7, 11) is 0. The Balaban J connectivity index is 2.48. The third-order valence-electron chi connectivity index (χ3n) is 1.78. The maximum absolute atomic E-state index is 5.43. The molecule has 1 heterocycles. The Labute approximate surface area is 80.0 Å². The van der Waals surface area contributed by atoms with Crippen LogP contribution in [0.2, 0.25) is 0 Å². The van der Waals surface area contributed by atoms with Crippen molar-refractivity contribution in [3.63, 3.8) is 0 Å². The monoisotopic (exact) mass is 179 g/mol. The topological polar surface area (TPSA) is 22.1 Å². The number of hydrogen-bond donors (Lipinski definition) is 0. The predicted molar refractivity (Wildman–Crippen MR) is 54.0 cm³/mol. The second-order valence-electron chi connectivity index (χ2n) is 3.08. The van der Waals surface area contributed by atoms with Gasteiger partial charge in [-0.3, -0.25) is 4.98 Å². The van der Waals surface area contributed by atoms with Crippen molar-refractivity contribution >= 4 is 0 Å². The van der Waals surface area contributed by atoms with Crippen molar-refractivity contribution in [1.29, 1.82) is 0 Å². The quantitative estimate of drug-likeness (QED) is 0.693. The molecule has 1 rings (SSSR count). The van der Waals surface area contributed by atoms with Crippen molar-refractivity contribution in [3.05, 3.63) is 24.0 Å². The Morgan fingerprint density at radius 3 is 2.62 bits per heavy atom. The van der Waals surface area contributed by atoms with Crippen LogP contribution in [-0.4, -0.2) is 11.6 Å². The molecule has 72 valence electrons. The molecule has 13 heavy (non-hydrogen) atoms. The van der Waals surface area contributed by atoms with E-state index >= 15 is 0 Å². The maximum Gasteiger partial charge on any atom is 0.137 e. The van der Waals surface area contributed by atoms with Gasteiger partial charge in [0.25, 0.3) is 0 Å². The molecule has 0 radical (unpaired) electrons. The number of hydrogen-bond acceptors (Lipinski definition) is 2.